The molecule has 2 amide bonds. The van der Waals surface area contributed by atoms with Crippen LogP contribution in [0, 0.1) is 5.41 Å². The number of aliphatic carboxylic acids is 2. The van der Waals surface area contributed by atoms with Crippen LogP contribution < -0.4 is 10.6 Å². The number of nitrogens with zero attached hydrogens (tertiary/aromatic N) is 6. The lowest BCUT2D eigenvalue weighted by Gasteiger charge is -2.56. The van der Waals surface area contributed by atoms with Gasteiger partial charge < -0.3 is 26.0 Å². The van der Waals surface area contributed by atoms with E-state index >= 15 is 0 Å². The average molecular weight is 524 g/mol. The fraction of sp³-hybridized carbons (Fsp3) is 0.421. The van der Waals surface area contributed by atoms with Gasteiger partial charge in [0, 0.05) is 23.7 Å². The summed E-state index contributed by atoms with van der Waals surface area (Å²) >= 11 is 2.24. The first-order valence-electron chi connectivity index (χ1n) is 10.2. The maximum absolute atomic E-state index is 13.1. The summed E-state index contributed by atoms with van der Waals surface area (Å²) in [6.45, 7) is -0.896. The number of aromatic hydroxyl groups is 1. The van der Waals surface area contributed by atoms with Crippen LogP contribution in [-0.4, -0.2) is 100 Å². The van der Waals surface area contributed by atoms with Gasteiger partial charge in [-0.25, -0.2) is 4.68 Å². The predicted molar refractivity (Wildman–Crippen MR) is 123 cm³/mol. The minimum absolute atomic E-state index is 0.0000999. The Hall–Kier alpha value is -3.37. The fourth-order valence-corrected chi connectivity index (χ4v) is 6.67. The number of aromatic nitrogens is 4. The minimum Gasteiger partial charge on any atom is -0.508 e. The molecule has 5 N–H and O–H groups in total. The Bertz CT molecular complexity index is 1160. The highest BCUT2D eigenvalue weighted by atomic mass is 32.2. The van der Waals surface area contributed by atoms with Crippen LogP contribution in [0.2, 0.25) is 0 Å². The van der Waals surface area contributed by atoms with Crippen LogP contribution in [0.25, 0.3) is 0 Å². The molecule has 3 heterocycles. The van der Waals surface area contributed by atoms with Gasteiger partial charge in [-0.2, -0.15) is 0 Å². The Morgan fingerprint density at radius 3 is 2.60 bits per heavy atom. The van der Waals surface area contributed by atoms with Crippen LogP contribution in [0.5, 0.6) is 5.75 Å². The average Bonchev–Trinajstić information content (AvgIpc) is 3.27. The second kappa shape index (κ2) is 9.71. The molecule has 16 heteroatoms. The molecule has 1 aromatic carbocycles. The molecule has 186 valence electrons. The summed E-state index contributed by atoms with van der Waals surface area (Å²) in [5, 5.41) is 39.1. The lowest BCUT2D eigenvalue weighted by molar-refractivity contribution is -0.156. The van der Waals surface area contributed by atoms with Gasteiger partial charge in [-0.1, -0.05) is 11.8 Å². The molecule has 2 fully saturated rings. The van der Waals surface area contributed by atoms with E-state index in [-0.39, 0.29) is 35.5 Å². The van der Waals surface area contributed by atoms with Crippen molar-refractivity contribution in [3.05, 3.63) is 24.3 Å². The van der Waals surface area contributed by atoms with Crippen LogP contribution in [0.1, 0.15) is 0 Å². The lowest BCUT2D eigenvalue weighted by Crippen LogP contribution is -2.75. The van der Waals surface area contributed by atoms with E-state index in [0.717, 1.165) is 16.4 Å². The molecule has 2 saturated heterocycles. The number of anilines is 1. The summed E-state index contributed by atoms with van der Waals surface area (Å²) < 4.78 is 1.06. The van der Waals surface area contributed by atoms with E-state index in [4.69, 9.17) is 10.8 Å². The highest BCUT2D eigenvalue weighted by Crippen LogP contribution is 2.46. The number of carbonyl (C=O) groups excluding carboxylic acids is 2. The molecule has 2 aliphatic rings. The van der Waals surface area contributed by atoms with E-state index in [2.05, 4.69) is 15.5 Å². The molecule has 2 aliphatic heterocycles. The third kappa shape index (κ3) is 4.63. The number of carboxylic acids is 2. The maximum Gasteiger partial charge on any atom is 0.325 e. The van der Waals surface area contributed by atoms with E-state index in [1.165, 1.54) is 45.8 Å². The number of rotatable bonds is 9. The molecule has 4 rings (SSSR count). The Labute approximate surface area is 206 Å². The molecule has 0 radical (unpaired) electrons. The first kappa shape index (κ1) is 24.7. The highest BCUT2D eigenvalue weighted by molar-refractivity contribution is 8.00. The maximum atomic E-state index is 13.1. The smallest absolute Gasteiger partial charge is 0.325 e. The number of amides is 2. The van der Waals surface area contributed by atoms with Crippen LogP contribution in [0.4, 0.5) is 5.69 Å². The fourth-order valence-electron chi connectivity index (χ4n) is 3.89. The Balaban J connectivity index is 1.51. The number of thioether (sulfide) groups is 2. The zero-order valence-corrected chi connectivity index (χ0v) is 19.7. The molecule has 2 aromatic rings. The number of phenolic OH excluding ortho intramolecular Hbond substituents is 1. The second-order valence-corrected chi connectivity index (χ2v) is 10.0. The Morgan fingerprint density at radius 2 is 1.97 bits per heavy atom. The SMILES string of the molecule is NCC(=O)N(c1ccc(O)cc1)C1C(=O)N2CC(CSc3nnnn3CC(=O)O)(C(=O)O)CS[C@H]12. The molecule has 0 spiro atoms. The van der Waals surface area contributed by atoms with Crippen molar-refractivity contribution in [2.45, 2.75) is 23.1 Å². The van der Waals surface area contributed by atoms with Crippen molar-refractivity contribution in [2.75, 3.05) is 29.5 Å². The van der Waals surface area contributed by atoms with E-state index in [0.29, 0.717) is 5.69 Å². The molecule has 1 aromatic heterocycles. The third-order valence-electron chi connectivity index (χ3n) is 5.68. The molecule has 0 saturated carbocycles. The van der Waals surface area contributed by atoms with Crippen molar-refractivity contribution in [2.24, 2.45) is 11.1 Å². The van der Waals surface area contributed by atoms with E-state index in [1.54, 1.807) is 0 Å². The van der Waals surface area contributed by atoms with Gasteiger partial charge in [-0.15, -0.1) is 16.9 Å². The van der Waals surface area contributed by atoms with Crippen LogP contribution in [0.3, 0.4) is 0 Å². The molecule has 3 atom stereocenters. The number of hydrogen-bond acceptors (Lipinski definition) is 11. The summed E-state index contributed by atoms with van der Waals surface area (Å²) in [7, 11) is 0. The number of carbonyl (C=O) groups is 4. The predicted octanol–water partition coefficient (Wildman–Crippen LogP) is -1.10. The number of nitrogens with two attached hydrogens (primary N) is 1. The normalized spacial score (nSPS) is 23.3. The van der Waals surface area contributed by atoms with Crippen molar-refractivity contribution in [3.8, 4) is 5.75 Å². The first-order chi connectivity index (χ1) is 16.7. The van der Waals surface area contributed by atoms with Crippen molar-refractivity contribution >= 4 is 53.0 Å². The molecule has 0 aliphatic carbocycles. The number of phenols is 1. The standard InChI is InChI=1S/C19H21N7O7S2/c20-5-12(28)26(10-1-3-11(27)4-2-10)14-15(31)24-7-19(17(32)33,8-34-16(14)24)9-35-18-21-22-23-25(18)6-13(29)30/h1-4,14,16,27H,5-9,20H2,(H,29,30)(H,32,33)/t14?,16-,19?/m1/s1. The summed E-state index contributed by atoms with van der Waals surface area (Å²) in [6, 6.07) is 4.94. The van der Waals surface area contributed by atoms with Gasteiger partial charge in [0.1, 0.15) is 29.1 Å². The molecular formula is C19H21N7O7S2. The van der Waals surface area contributed by atoms with E-state index < -0.39 is 47.1 Å². The van der Waals surface area contributed by atoms with Crippen molar-refractivity contribution < 1.29 is 34.5 Å². The van der Waals surface area contributed by atoms with Gasteiger partial charge in [0.2, 0.25) is 17.0 Å². The van der Waals surface area contributed by atoms with Gasteiger partial charge in [-0.3, -0.25) is 24.1 Å². The summed E-state index contributed by atoms with van der Waals surface area (Å²) in [4.78, 5) is 51.7. The number of fused-ring (bicyclic) bond motifs is 1. The number of tetrazole rings is 1. The van der Waals surface area contributed by atoms with Gasteiger partial charge in [0.15, 0.2) is 0 Å². The molecule has 14 nitrogen and oxygen atoms in total. The number of carboxylic acid groups (broad SMARTS) is 2. The Kier molecular flexibility index (Phi) is 6.86. The largest absolute Gasteiger partial charge is 0.508 e. The van der Waals surface area contributed by atoms with Crippen LogP contribution in [-0.2, 0) is 25.7 Å². The third-order valence-corrected chi connectivity index (χ3v) is 8.50. The zero-order chi connectivity index (χ0) is 25.3. The van der Waals surface area contributed by atoms with Crippen LogP contribution >= 0.6 is 23.5 Å². The summed E-state index contributed by atoms with van der Waals surface area (Å²) in [5.74, 6) is -3.02. The molecule has 0 bridgehead atoms. The highest BCUT2D eigenvalue weighted by Gasteiger charge is 2.59. The van der Waals surface area contributed by atoms with E-state index in [9.17, 15) is 29.4 Å². The van der Waals surface area contributed by atoms with E-state index in [1.807, 2.05) is 0 Å². The minimum atomic E-state index is -1.34. The number of benzene rings is 1. The summed E-state index contributed by atoms with van der Waals surface area (Å²) in [6.07, 6.45) is 0. The zero-order valence-electron chi connectivity index (χ0n) is 18.1. The van der Waals surface area contributed by atoms with Gasteiger partial charge in [0.05, 0.1) is 6.54 Å². The first-order valence-corrected chi connectivity index (χ1v) is 12.3. The van der Waals surface area contributed by atoms with Gasteiger partial charge in [0.25, 0.3) is 0 Å². The van der Waals surface area contributed by atoms with Gasteiger partial charge in [-0.05, 0) is 34.7 Å². The molecule has 2 unspecified atom stereocenters. The Morgan fingerprint density at radius 1 is 1.26 bits per heavy atom. The molecule has 35 heavy (non-hydrogen) atoms. The molecular weight excluding hydrogens is 502 g/mol. The quantitative estimate of drug-likeness (QED) is 0.228. The van der Waals surface area contributed by atoms with Crippen molar-refractivity contribution in [3.63, 3.8) is 0 Å². The number of hydrogen-bond donors (Lipinski definition) is 4. The summed E-state index contributed by atoms with van der Waals surface area (Å²) in [5.41, 5.74) is 4.63. The van der Waals surface area contributed by atoms with Crippen molar-refractivity contribution in [1.29, 1.82) is 0 Å². The lowest BCUT2D eigenvalue weighted by atomic mass is 9.89. The topological polar surface area (TPSA) is 205 Å². The number of β-lactam (4-membered cyclic amide) rings is 1. The van der Waals surface area contributed by atoms with Crippen molar-refractivity contribution in [1.82, 2.24) is 25.1 Å². The monoisotopic (exact) mass is 523 g/mol. The van der Waals surface area contributed by atoms with Crippen LogP contribution in [0.15, 0.2) is 29.4 Å². The van der Waals surface area contributed by atoms with Gasteiger partial charge >= 0.3 is 11.9 Å². The second-order valence-electron chi connectivity index (χ2n) is 7.98.